The molecule has 0 unspecified atom stereocenters. The number of rotatable bonds is 8. The second-order valence-corrected chi connectivity index (χ2v) is 6.74. The van der Waals surface area contributed by atoms with Gasteiger partial charge in [-0.1, -0.05) is 30.3 Å². The highest BCUT2D eigenvalue weighted by Gasteiger charge is 2.30. The van der Waals surface area contributed by atoms with Gasteiger partial charge in [-0.25, -0.2) is 0 Å². The first kappa shape index (κ1) is 26.0. The molecule has 0 saturated heterocycles. The van der Waals surface area contributed by atoms with E-state index < -0.39 is 11.7 Å². The van der Waals surface area contributed by atoms with Gasteiger partial charge in [-0.2, -0.15) is 13.2 Å². The van der Waals surface area contributed by atoms with Crippen molar-refractivity contribution in [1.29, 1.82) is 0 Å². The standard InChI is InChI=1S/C21H27F3N4O.HI/c1-25-20(26-14-16-7-6-9-18(13-16)21(22,23)24)27-15-17-8-4-5-10-19(17)29-12-11-28(2)3;/h4-10,13H,11-12,14-15H2,1-3H3,(H2,25,26,27);1H. The summed E-state index contributed by atoms with van der Waals surface area (Å²) in [7, 11) is 5.58. The summed E-state index contributed by atoms with van der Waals surface area (Å²) in [5.41, 5.74) is 0.826. The van der Waals surface area contributed by atoms with Crippen LogP contribution in [0.3, 0.4) is 0 Å². The summed E-state index contributed by atoms with van der Waals surface area (Å²) < 4.78 is 44.4. The van der Waals surface area contributed by atoms with E-state index in [4.69, 9.17) is 4.74 Å². The average Bonchev–Trinajstić information content (AvgIpc) is 2.68. The van der Waals surface area contributed by atoms with Gasteiger partial charge in [0.15, 0.2) is 5.96 Å². The molecule has 2 aromatic rings. The first-order valence-electron chi connectivity index (χ1n) is 9.25. The maximum Gasteiger partial charge on any atom is 0.416 e. The molecule has 2 rings (SSSR count). The third-order valence-corrected chi connectivity index (χ3v) is 4.15. The van der Waals surface area contributed by atoms with Crippen molar-refractivity contribution >= 4 is 29.9 Å². The van der Waals surface area contributed by atoms with Crippen molar-refractivity contribution in [3.8, 4) is 5.75 Å². The van der Waals surface area contributed by atoms with Gasteiger partial charge in [0.1, 0.15) is 12.4 Å². The van der Waals surface area contributed by atoms with E-state index >= 15 is 0 Å². The molecular formula is C21H28F3IN4O. The highest BCUT2D eigenvalue weighted by molar-refractivity contribution is 14.0. The second kappa shape index (κ2) is 12.6. The van der Waals surface area contributed by atoms with Crippen LogP contribution < -0.4 is 15.4 Å². The molecule has 9 heteroatoms. The van der Waals surface area contributed by atoms with Crippen LogP contribution in [0.2, 0.25) is 0 Å². The Kier molecular flexibility index (Phi) is 11.0. The van der Waals surface area contributed by atoms with Crippen LogP contribution in [0.4, 0.5) is 13.2 Å². The van der Waals surface area contributed by atoms with Crippen LogP contribution in [-0.4, -0.2) is 45.2 Å². The quantitative estimate of drug-likeness (QED) is 0.303. The number of para-hydroxylation sites is 1. The zero-order valence-electron chi connectivity index (χ0n) is 17.3. The van der Waals surface area contributed by atoms with E-state index in [1.807, 2.05) is 43.3 Å². The van der Waals surface area contributed by atoms with Gasteiger partial charge >= 0.3 is 6.18 Å². The number of halogens is 4. The molecule has 0 saturated carbocycles. The van der Waals surface area contributed by atoms with Gasteiger partial charge in [0.05, 0.1) is 5.56 Å². The molecular weight excluding hydrogens is 508 g/mol. The number of aliphatic imine (C=N–C) groups is 1. The van der Waals surface area contributed by atoms with Crippen molar-refractivity contribution in [2.75, 3.05) is 34.3 Å². The molecule has 0 amide bonds. The van der Waals surface area contributed by atoms with E-state index in [1.54, 1.807) is 13.1 Å². The SMILES string of the molecule is CN=C(NCc1cccc(C(F)(F)F)c1)NCc1ccccc1OCCN(C)C.I. The van der Waals surface area contributed by atoms with Crippen LogP contribution in [0.15, 0.2) is 53.5 Å². The molecule has 0 fully saturated rings. The molecule has 0 aliphatic carbocycles. The maximum atomic E-state index is 12.8. The summed E-state index contributed by atoms with van der Waals surface area (Å²) in [6.07, 6.45) is -4.35. The van der Waals surface area contributed by atoms with Crippen LogP contribution in [0.1, 0.15) is 16.7 Å². The minimum atomic E-state index is -4.35. The van der Waals surface area contributed by atoms with Gasteiger partial charge in [-0.05, 0) is 37.9 Å². The third kappa shape index (κ3) is 8.78. The number of nitrogens with zero attached hydrogens (tertiary/aromatic N) is 2. The number of benzene rings is 2. The molecule has 0 bridgehead atoms. The topological polar surface area (TPSA) is 48.9 Å². The number of nitrogens with one attached hydrogen (secondary N) is 2. The molecule has 166 valence electrons. The monoisotopic (exact) mass is 536 g/mol. The lowest BCUT2D eigenvalue weighted by Gasteiger charge is -2.16. The Morgan fingerprint density at radius 1 is 1.03 bits per heavy atom. The van der Waals surface area contributed by atoms with Crippen LogP contribution in [-0.2, 0) is 19.3 Å². The predicted molar refractivity (Wildman–Crippen MR) is 124 cm³/mol. The van der Waals surface area contributed by atoms with E-state index in [2.05, 4.69) is 15.6 Å². The first-order chi connectivity index (χ1) is 13.8. The summed E-state index contributed by atoms with van der Waals surface area (Å²) in [6, 6.07) is 12.9. The molecule has 2 N–H and O–H groups in total. The zero-order valence-corrected chi connectivity index (χ0v) is 19.6. The van der Waals surface area contributed by atoms with Crippen molar-refractivity contribution < 1.29 is 17.9 Å². The molecule has 0 aliphatic heterocycles. The minimum absolute atomic E-state index is 0. The van der Waals surface area contributed by atoms with Crippen LogP contribution in [0.25, 0.3) is 0 Å². The number of ether oxygens (including phenoxy) is 1. The smallest absolute Gasteiger partial charge is 0.416 e. The second-order valence-electron chi connectivity index (χ2n) is 6.74. The molecule has 0 radical (unpaired) electrons. The van der Waals surface area contributed by atoms with Gasteiger partial charge in [0.25, 0.3) is 0 Å². The van der Waals surface area contributed by atoms with Gasteiger partial charge in [-0.15, -0.1) is 24.0 Å². The van der Waals surface area contributed by atoms with Crippen LogP contribution in [0, 0.1) is 0 Å². The molecule has 2 aromatic carbocycles. The van der Waals surface area contributed by atoms with E-state index in [0.29, 0.717) is 24.7 Å². The minimum Gasteiger partial charge on any atom is -0.492 e. The third-order valence-electron chi connectivity index (χ3n) is 4.15. The Hall–Kier alpha value is -2.01. The molecule has 5 nitrogen and oxygen atoms in total. The van der Waals surface area contributed by atoms with Gasteiger partial charge in [-0.3, -0.25) is 4.99 Å². The summed E-state index contributed by atoms with van der Waals surface area (Å²) in [4.78, 5) is 6.17. The lowest BCUT2D eigenvalue weighted by Crippen LogP contribution is -2.36. The molecule has 0 spiro atoms. The Labute approximate surface area is 192 Å². The molecule has 0 aliphatic rings. The normalized spacial score (nSPS) is 11.8. The molecule has 0 heterocycles. The van der Waals surface area contributed by atoms with Crippen LogP contribution in [0.5, 0.6) is 5.75 Å². The maximum absolute atomic E-state index is 12.8. The number of alkyl halides is 3. The van der Waals surface area contributed by atoms with E-state index in [0.717, 1.165) is 30.0 Å². The summed E-state index contributed by atoms with van der Waals surface area (Å²) in [5.74, 6) is 1.28. The Bertz CT molecular complexity index is 813. The van der Waals surface area contributed by atoms with E-state index in [9.17, 15) is 13.2 Å². The van der Waals surface area contributed by atoms with Crippen molar-refractivity contribution in [3.05, 3.63) is 65.2 Å². The Morgan fingerprint density at radius 2 is 1.73 bits per heavy atom. The first-order valence-corrected chi connectivity index (χ1v) is 9.25. The average molecular weight is 536 g/mol. The van der Waals surface area contributed by atoms with Gasteiger partial charge in [0, 0.05) is 32.2 Å². The van der Waals surface area contributed by atoms with Crippen LogP contribution >= 0.6 is 24.0 Å². The molecule has 30 heavy (non-hydrogen) atoms. The number of hydrogen-bond acceptors (Lipinski definition) is 3. The van der Waals surface area contributed by atoms with Crippen molar-refractivity contribution in [1.82, 2.24) is 15.5 Å². The summed E-state index contributed by atoms with van der Waals surface area (Å²) >= 11 is 0. The highest BCUT2D eigenvalue weighted by Crippen LogP contribution is 2.29. The number of hydrogen-bond donors (Lipinski definition) is 2. The fraction of sp³-hybridized carbons (Fsp3) is 0.381. The molecule has 0 atom stereocenters. The number of likely N-dealkylation sites (N-methyl/N-ethyl adjacent to an activating group) is 1. The van der Waals surface area contributed by atoms with Crippen molar-refractivity contribution in [3.63, 3.8) is 0 Å². The lowest BCUT2D eigenvalue weighted by molar-refractivity contribution is -0.137. The number of guanidine groups is 1. The van der Waals surface area contributed by atoms with E-state index in [1.165, 1.54) is 6.07 Å². The summed E-state index contributed by atoms with van der Waals surface area (Å²) in [6.45, 7) is 2.08. The highest BCUT2D eigenvalue weighted by atomic mass is 127. The largest absolute Gasteiger partial charge is 0.492 e. The Balaban J connectivity index is 0.00000450. The van der Waals surface area contributed by atoms with Crippen molar-refractivity contribution in [2.24, 2.45) is 4.99 Å². The summed E-state index contributed by atoms with van der Waals surface area (Å²) in [5, 5.41) is 6.20. The molecule has 0 aromatic heterocycles. The van der Waals surface area contributed by atoms with Gasteiger partial charge < -0.3 is 20.3 Å². The Morgan fingerprint density at radius 3 is 2.40 bits per heavy atom. The van der Waals surface area contributed by atoms with Gasteiger partial charge in [0.2, 0.25) is 0 Å². The van der Waals surface area contributed by atoms with E-state index in [-0.39, 0.29) is 30.5 Å². The van der Waals surface area contributed by atoms with Crippen molar-refractivity contribution in [2.45, 2.75) is 19.3 Å². The predicted octanol–water partition coefficient (Wildman–Crippen LogP) is 4.13. The fourth-order valence-corrected chi connectivity index (χ4v) is 2.57. The fourth-order valence-electron chi connectivity index (χ4n) is 2.57. The lowest BCUT2D eigenvalue weighted by atomic mass is 10.1. The zero-order chi connectivity index (χ0) is 21.3.